The maximum absolute atomic E-state index is 14.7. The van der Waals surface area contributed by atoms with Crippen LogP contribution in [0.25, 0.3) is 23.1 Å². The normalized spacial score (nSPS) is 19.0. The Labute approximate surface area is 801 Å². The number of primary amides is 1. The molecule has 46 heteroatoms. The monoisotopic (exact) mass is 1930 g/mol. The lowest BCUT2D eigenvalue weighted by atomic mass is 9.76. The minimum atomic E-state index is -1.78. The quantitative estimate of drug-likeness (QED) is 0.0184. The van der Waals surface area contributed by atoms with Gasteiger partial charge >= 0.3 is 18.2 Å². The van der Waals surface area contributed by atoms with Crippen molar-refractivity contribution in [1.82, 2.24) is 99.8 Å². The first-order chi connectivity index (χ1) is 66.0. The molecule has 0 spiro atoms. The molecule has 4 aromatic carbocycles. The van der Waals surface area contributed by atoms with Crippen LogP contribution in [0.3, 0.4) is 0 Å². The van der Waals surface area contributed by atoms with Gasteiger partial charge in [-0.3, -0.25) is 72.1 Å². The fraction of sp³-hybridized carbons (Fsp3) is 0.467. The van der Waals surface area contributed by atoms with Crippen LogP contribution >= 0.6 is 11.8 Å². The molecule has 138 heavy (non-hydrogen) atoms. The standard InChI is InChI=1S/C92H127N25O20S/c1-52(2)46-69-85(130)108-64(32-39-93)80(125)107-67(35-42-96)84(129)114-76(53(3)118)87(132)100-45-36-68(83(128)106-65(33-40-94)82(127)112-70(86(131)111-69)47-55-16-7-6-8-17-55)109-81(126)66(34-41-95)110-88(133)77(54(4)119)113-74(121)23-13-22-73(120)102-49-75(122)105-63(20-14-44-101-89(97)134)79(124)104-58-26-24-56(25-27-58)50-137-91(136)103-51-92(37-15-38-92)115-90(135)117-71-48-59(138-72-21-10-9-19-61(72)78(123)98-5)29-30-60(71)62(116-117)31-28-57-18-11-12-43-99-57/h6-12,16-19,21,24-31,43,48,52-54,63-70,76-77,118-119H,13-15,20,22-23,32-42,44-47,49-51,93-96H2,1-5H3,(H,98,123)(H,100,132)(H,102,120)(H,103,136)(H,104,124)(H,105,122)(H,106,128)(H,107,125)(H,108,130)(H,109,126)(H,110,133)(H,111,131)(H,112,127)(H,113,121)(H,114,129)(H,115,135)(H3,97,101,134)/b31-28+/t53-,54+,63?,64-,65?,66-,67-,68+,69-,70-,76?,77+/m1/s1. The molecule has 0 bridgehead atoms. The van der Waals surface area contributed by atoms with Gasteiger partial charge in [0.25, 0.3) is 5.91 Å². The number of nitrogens with two attached hydrogens (primary N) is 5. The third-order valence-corrected chi connectivity index (χ3v) is 23.5. The SMILES string of the molecule is CNC(=O)c1ccccc1Sc1ccc2c(/C=C/c3ccccn3)nn(C(=O)NC3(CNC(=O)OCc4ccc(NC(=O)C(CCCNC(N)=O)NC(=O)CNC(=O)CCCC(=O)N[C@H](C(=O)N[C@H](CCN)C(=O)N[C@H]5CCNC(=O)C([C@@H](C)O)NC(=O)[C@@H](CCN)NC(=O)[C@@H](CCN)NC(=O)[C@@H](CC(C)C)NC(=O)[C@@H](Cc6ccccc6)NC(=O)C(CCN)NC5=O)[C@H](C)O)cc4)CCC3)c2c1. The summed E-state index contributed by atoms with van der Waals surface area (Å²) in [4.78, 5) is 240. The molecule has 45 nitrogen and oxygen atoms in total. The van der Waals surface area contributed by atoms with Crippen LogP contribution in [0.2, 0.25) is 0 Å². The zero-order valence-electron chi connectivity index (χ0n) is 77.6. The summed E-state index contributed by atoms with van der Waals surface area (Å²) in [5.41, 5.74) is 31.6. The lowest BCUT2D eigenvalue weighted by molar-refractivity contribution is -0.136. The van der Waals surface area contributed by atoms with Gasteiger partial charge in [0, 0.05) is 73.0 Å². The van der Waals surface area contributed by atoms with Crippen molar-refractivity contribution < 1.29 is 96.5 Å². The van der Waals surface area contributed by atoms with Crippen molar-refractivity contribution in [3.63, 3.8) is 0 Å². The van der Waals surface area contributed by atoms with Crippen molar-refractivity contribution in [1.29, 1.82) is 0 Å². The summed E-state index contributed by atoms with van der Waals surface area (Å²) in [6, 6.07) is 16.1. The van der Waals surface area contributed by atoms with Gasteiger partial charge < -0.3 is 134 Å². The zero-order valence-corrected chi connectivity index (χ0v) is 78.4. The molecule has 1 aliphatic carbocycles. The van der Waals surface area contributed by atoms with Gasteiger partial charge in [0.1, 0.15) is 67.0 Å². The first-order valence-corrected chi connectivity index (χ1v) is 46.4. The molecule has 746 valence electrons. The Bertz CT molecular complexity index is 5240. The van der Waals surface area contributed by atoms with Gasteiger partial charge in [0.05, 0.1) is 46.8 Å². The lowest BCUT2D eigenvalue weighted by Gasteiger charge is -2.42. The highest BCUT2D eigenvalue weighted by Gasteiger charge is 2.42. The van der Waals surface area contributed by atoms with E-state index in [-0.39, 0.29) is 128 Å². The van der Waals surface area contributed by atoms with Crippen molar-refractivity contribution in [3.05, 3.63) is 150 Å². The van der Waals surface area contributed by atoms with Crippen LogP contribution in [0.5, 0.6) is 0 Å². The Balaban J connectivity index is 0.848. The number of aliphatic hydroxyl groups is 2. The lowest BCUT2D eigenvalue weighted by Crippen LogP contribution is -2.61. The van der Waals surface area contributed by atoms with E-state index < -0.39 is 199 Å². The number of alkyl carbamates (subject to hydrolysis) is 1. The van der Waals surface area contributed by atoms with Crippen molar-refractivity contribution >= 4 is 141 Å². The largest absolute Gasteiger partial charge is 0.445 e. The third-order valence-electron chi connectivity index (χ3n) is 22.4. The predicted octanol–water partition coefficient (Wildman–Crippen LogP) is -1.99. The number of rotatable bonds is 42. The number of aliphatic hydroxyl groups excluding tert-OH is 2. The smallest absolute Gasteiger partial charge is 0.407 e. The third kappa shape index (κ3) is 34.6. The summed E-state index contributed by atoms with van der Waals surface area (Å²) in [6.07, 6.45) is 0.420. The molecule has 0 radical (unpaired) electrons. The average Bonchev–Trinajstić information content (AvgIpc) is 1.64. The minimum absolute atomic E-state index is 0.00772. The molecule has 2 fully saturated rings. The number of carbonyl (C=O) groups is 17. The predicted molar refractivity (Wildman–Crippen MR) is 509 cm³/mol. The highest BCUT2D eigenvalue weighted by Crippen LogP contribution is 2.36. The minimum Gasteiger partial charge on any atom is -0.445 e. The van der Waals surface area contributed by atoms with Gasteiger partial charge in [-0.2, -0.15) is 9.78 Å². The molecular formula is C92H127N25O20S. The number of carbonyl (C=O) groups excluding carboxylic acids is 17. The summed E-state index contributed by atoms with van der Waals surface area (Å²) in [6.45, 7) is 3.64. The summed E-state index contributed by atoms with van der Waals surface area (Å²) in [5.74, 6) is -12.5. The van der Waals surface area contributed by atoms with Gasteiger partial charge in [-0.15, -0.1) is 0 Å². The first kappa shape index (κ1) is 109. The zero-order chi connectivity index (χ0) is 101. The molecule has 1 saturated carbocycles. The Hall–Kier alpha value is -14.1. The van der Waals surface area contributed by atoms with Crippen LogP contribution in [0, 0.1) is 5.92 Å². The number of nitrogens with zero attached hydrogens (tertiary/aromatic N) is 3. The van der Waals surface area contributed by atoms with E-state index in [1.165, 1.54) is 35.5 Å². The molecule has 29 N–H and O–H groups in total. The van der Waals surface area contributed by atoms with Gasteiger partial charge in [-0.25, -0.2) is 14.4 Å². The number of fused-ring (bicyclic) bond motifs is 1. The van der Waals surface area contributed by atoms with Gasteiger partial charge in [0.2, 0.25) is 76.8 Å². The fourth-order valence-electron chi connectivity index (χ4n) is 14.8. The van der Waals surface area contributed by atoms with Crippen LogP contribution in [-0.2, 0) is 80.1 Å². The molecular weight excluding hydrogens is 1810 g/mol. The van der Waals surface area contributed by atoms with Crippen LogP contribution in [0.1, 0.15) is 150 Å². The van der Waals surface area contributed by atoms with Crippen LogP contribution in [-0.4, -0.2) is 263 Å². The van der Waals surface area contributed by atoms with E-state index in [1.54, 1.807) is 99.9 Å². The molecule has 8 rings (SSSR count). The molecule has 18 amide bonds. The summed E-state index contributed by atoms with van der Waals surface area (Å²) in [5, 5.41) is 71.1. The first-order valence-electron chi connectivity index (χ1n) is 45.6. The molecule has 2 aliphatic rings. The number of hydrogen-bond donors (Lipinski definition) is 24. The van der Waals surface area contributed by atoms with Crippen LogP contribution in [0.15, 0.2) is 131 Å². The maximum Gasteiger partial charge on any atom is 0.407 e. The van der Waals surface area contributed by atoms with E-state index in [1.807, 2.05) is 42.5 Å². The molecule has 12 atom stereocenters. The topological polar surface area (TPSA) is 705 Å². The van der Waals surface area contributed by atoms with Gasteiger partial charge in [-0.05, 0) is 201 Å². The van der Waals surface area contributed by atoms with E-state index >= 15 is 0 Å². The van der Waals surface area contributed by atoms with Crippen LogP contribution < -0.4 is 119 Å². The number of nitrogens with one attached hydrogen (secondary N) is 17. The Kier molecular flexibility index (Phi) is 43.7. The average molecular weight is 1940 g/mol. The highest BCUT2D eigenvalue weighted by atomic mass is 32.2. The number of ether oxygens (including phenoxy) is 1. The number of hydrogen-bond acceptors (Lipinski definition) is 27. The van der Waals surface area contributed by atoms with Gasteiger partial charge in [-0.1, -0.05) is 86.3 Å². The van der Waals surface area contributed by atoms with Crippen molar-refractivity contribution in [2.24, 2.45) is 34.6 Å². The second-order valence-corrected chi connectivity index (χ2v) is 34.9. The number of urea groups is 1. The Morgan fingerprint density at radius 3 is 1.84 bits per heavy atom. The second kappa shape index (κ2) is 55.2. The summed E-state index contributed by atoms with van der Waals surface area (Å²) in [7, 11) is 1.55. The van der Waals surface area contributed by atoms with Crippen molar-refractivity contribution in [2.45, 2.75) is 219 Å². The maximum atomic E-state index is 14.7. The highest BCUT2D eigenvalue weighted by molar-refractivity contribution is 7.99. The number of aromatic nitrogens is 3. The molecule has 2 aromatic heterocycles. The Morgan fingerprint density at radius 2 is 1.22 bits per heavy atom. The summed E-state index contributed by atoms with van der Waals surface area (Å²) < 4.78 is 6.84. The van der Waals surface area contributed by atoms with Crippen molar-refractivity contribution in [2.75, 3.05) is 64.7 Å². The fourth-order valence-corrected chi connectivity index (χ4v) is 15.8. The molecule has 3 heterocycles. The van der Waals surface area contributed by atoms with Crippen LogP contribution in [0.4, 0.5) is 20.1 Å². The molecule has 3 unspecified atom stereocenters. The van der Waals surface area contributed by atoms with Gasteiger partial charge in [0.15, 0.2) is 0 Å². The molecule has 1 saturated heterocycles. The Morgan fingerprint density at radius 1 is 0.609 bits per heavy atom. The number of amides is 18. The number of pyridine rings is 1. The van der Waals surface area contributed by atoms with E-state index in [9.17, 15) is 91.7 Å². The van der Waals surface area contributed by atoms with E-state index in [0.29, 0.717) is 56.7 Å². The molecule has 1 aliphatic heterocycles. The van der Waals surface area contributed by atoms with Crippen molar-refractivity contribution in [3.8, 4) is 0 Å². The molecule has 6 aromatic rings. The van der Waals surface area contributed by atoms with E-state index in [4.69, 9.17) is 38.5 Å². The number of anilines is 1. The second-order valence-electron chi connectivity index (χ2n) is 33.8. The summed E-state index contributed by atoms with van der Waals surface area (Å²) >= 11 is 1.35. The number of benzene rings is 4. The van der Waals surface area contributed by atoms with E-state index in [0.717, 1.165) is 18.2 Å². The van der Waals surface area contributed by atoms with E-state index in [2.05, 4.69) is 95.4 Å².